The van der Waals surface area contributed by atoms with Crippen molar-refractivity contribution in [3.8, 4) is 0 Å². The van der Waals surface area contributed by atoms with Crippen molar-refractivity contribution >= 4 is 11.4 Å². The largest absolute Gasteiger partial charge is 0.411 e. The van der Waals surface area contributed by atoms with Crippen LogP contribution in [0, 0.1) is 13.8 Å². The van der Waals surface area contributed by atoms with E-state index in [-0.39, 0.29) is 12.5 Å². The second-order valence-electron chi connectivity index (χ2n) is 7.58. The summed E-state index contributed by atoms with van der Waals surface area (Å²) in [5.74, 6) is 0.0442. The van der Waals surface area contributed by atoms with Gasteiger partial charge >= 0.3 is 0 Å². The molecule has 0 radical (unpaired) electrons. The third-order valence-electron chi connectivity index (χ3n) is 5.48. The SMILES string of the molecule is Cc1cc(C(C[C@H](c2ccc(N(C)CCO)cc2)c2ccccc2C)=NO)ccn1. The number of oxime groups is 1. The van der Waals surface area contributed by atoms with Gasteiger partial charge in [0.1, 0.15) is 0 Å². The molecular weight excluding hydrogens is 374 g/mol. The number of aryl methyl sites for hydroxylation is 2. The van der Waals surface area contributed by atoms with E-state index in [1.165, 1.54) is 11.1 Å². The highest BCUT2D eigenvalue weighted by atomic mass is 16.4. The fraction of sp³-hybridized carbons (Fsp3) is 0.280. The van der Waals surface area contributed by atoms with Crippen molar-refractivity contribution in [3.63, 3.8) is 0 Å². The molecule has 2 aromatic carbocycles. The van der Waals surface area contributed by atoms with Crippen LogP contribution in [0.3, 0.4) is 0 Å². The number of benzene rings is 2. The van der Waals surface area contributed by atoms with E-state index in [1.807, 2.05) is 43.1 Å². The number of hydrogen-bond acceptors (Lipinski definition) is 5. The molecule has 0 unspecified atom stereocenters. The van der Waals surface area contributed by atoms with Crippen molar-refractivity contribution in [2.45, 2.75) is 26.2 Å². The summed E-state index contributed by atoms with van der Waals surface area (Å²) in [6.07, 6.45) is 2.31. The highest BCUT2D eigenvalue weighted by molar-refractivity contribution is 6.01. The van der Waals surface area contributed by atoms with Crippen LogP contribution in [0.4, 0.5) is 5.69 Å². The van der Waals surface area contributed by atoms with Gasteiger partial charge in [0.2, 0.25) is 0 Å². The lowest BCUT2D eigenvalue weighted by molar-refractivity contribution is 0.304. The smallest absolute Gasteiger partial charge is 0.0878 e. The molecule has 0 saturated heterocycles. The van der Waals surface area contributed by atoms with Gasteiger partial charge in [0, 0.05) is 49.1 Å². The highest BCUT2D eigenvalue weighted by Crippen LogP contribution is 2.33. The van der Waals surface area contributed by atoms with Crippen LogP contribution in [-0.2, 0) is 0 Å². The van der Waals surface area contributed by atoms with E-state index >= 15 is 0 Å². The van der Waals surface area contributed by atoms with Gasteiger partial charge in [0.15, 0.2) is 0 Å². The minimum Gasteiger partial charge on any atom is -0.411 e. The van der Waals surface area contributed by atoms with E-state index in [4.69, 9.17) is 0 Å². The summed E-state index contributed by atoms with van der Waals surface area (Å²) < 4.78 is 0. The van der Waals surface area contributed by atoms with Crippen LogP contribution in [0.5, 0.6) is 0 Å². The Balaban J connectivity index is 1.98. The number of nitrogens with zero attached hydrogens (tertiary/aromatic N) is 3. The molecule has 0 fully saturated rings. The quantitative estimate of drug-likeness (QED) is 0.329. The Labute approximate surface area is 178 Å². The summed E-state index contributed by atoms with van der Waals surface area (Å²) in [4.78, 5) is 6.27. The number of rotatable bonds is 8. The minimum absolute atomic E-state index is 0.0442. The molecule has 2 N–H and O–H groups in total. The zero-order chi connectivity index (χ0) is 21.5. The fourth-order valence-corrected chi connectivity index (χ4v) is 3.76. The van der Waals surface area contributed by atoms with E-state index in [1.54, 1.807) is 6.20 Å². The van der Waals surface area contributed by atoms with Crippen molar-refractivity contribution in [1.29, 1.82) is 0 Å². The van der Waals surface area contributed by atoms with Gasteiger partial charge in [-0.3, -0.25) is 4.98 Å². The van der Waals surface area contributed by atoms with E-state index < -0.39 is 0 Å². The average molecular weight is 404 g/mol. The molecule has 0 aliphatic rings. The average Bonchev–Trinajstić information content (AvgIpc) is 2.76. The molecule has 0 aliphatic carbocycles. The van der Waals surface area contributed by atoms with E-state index in [0.717, 1.165) is 22.5 Å². The van der Waals surface area contributed by atoms with Crippen molar-refractivity contribution in [2.75, 3.05) is 25.1 Å². The molecule has 0 aliphatic heterocycles. The third kappa shape index (κ3) is 5.05. The molecule has 1 atom stereocenters. The molecule has 0 spiro atoms. The Morgan fingerprint density at radius 2 is 1.80 bits per heavy atom. The highest BCUT2D eigenvalue weighted by Gasteiger charge is 2.20. The van der Waals surface area contributed by atoms with Gasteiger partial charge in [-0.15, -0.1) is 0 Å². The van der Waals surface area contributed by atoms with Gasteiger partial charge in [0.25, 0.3) is 0 Å². The van der Waals surface area contributed by atoms with Gasteiger partial charge in [-0.05, 0) is 54.8 Å². The molecule has 156 valence electrons. The number of likely N-dealkylation sites (N-methyl/N-ethyl adjacent to an activating group) is 1. The normalized spacial score (nSPS) is 12.6. The Morgan fingerprint density at radius 3 is 2.43 bits per heavy atom. The predicted octanol–water partition coefficient (Wildman–Crippen LogP) is 4.53. The van der Waals surface area contributed by atoms with Crippen LogP contribution >= 0.6 is 0 Å². The number of aliphatic hydroxyl groups is 1. The Kier molecular flexibility index (Phi) is 7.20. The molecule has 3 aromatic rings. The Bertz CT molecular complexity index is 999. The van der Waals surface area contributed by atoms with Crippen LogP contribution in [0.2, 0.25) is 0 Å². The zero-order valence-electron chi connectivity index (χ0n) is 17.8. The number of hydrogen-bond donors (Lipinski definition) is 2. The molecular formula is C25H29N3O2. The van der Waals surface area contributed by atoms with Gasteiger partial charge in [-0.2, -0.15) is 0 Å². The zero-order valence-corrected chi connectivity index (χ0v) is 17.8. The lowest BCUT2D eigenvalue weighted by Crippen LogP contribution is -2.21. The first-order valence-corrected chi connectivity index (χ1v) is 10.1. The van der Waals surface area contributed by atoms with Crippen LogP contribution in [-0.4, -0.2) is 41.2 Å². The lowest BCUT2D eigenvalue weighted by atomic mass is 9.83. The molecule has 3 rings (SSSR count). The topological polar surface area (TPSA) is 69.0 Å². The van der Waals surface area contributed by atoms with Crippen LogP contribution < -0.4 is 4.90 Å². The standard InChI is InChI=1S/C25H29N3O2/c1-18-6-4-5-7-23(18)24(17-25(27-30)21-12-13-26-19(2)16-21)20-8-10-22(11-9-20)28(3)14-15-29/h4-13,16,24,29-30H,14-15,17H2,1-3H3/t24-/m1/s1. The maximum Gasteiger partial charge on any atom is 0.0878 e. The number of aromatic nitrogens is 1. The van der Waals surface area contributed by atoms with Gasteiger partial charge < -0.3 is 15.2 Å². The molecule has 0 saturated carbocycles. The molecule has 1 aromatic heterocycles. The molecule has 5 heteroatoms. The fourth-order valence-electron chi connectivity index (χ4n) is 3.76. The minimum atomic E-state index is 0.0442. The first-order valence-electron chi connectivity index (χ1n) is 10.1. The Morgan fingerprint density at radius 1 is 1.07 bits per heavy atom. The van der Waals surface area contributed by atoms with Crippen molar-refractivity contribution in [3.05, 3.63) is 94.8 Å². The first-order chi connectivity index (χ1) is 14.5. The third-order valence-corrected chi connectivity index (χ3v) is 5.48. The van der Waals surface area contributed by atoms with Crippen molar-refractivity contribution in [2.24, 2.45) is 5.16 Å². The summed E-state index contributed by atoms with van der Waals surface area (Å²) in [7, 11) is 1.96. The maximum absolute atomic E-state index is 9.80. The van der Waals surface area contributed by atoms with Crippen LogP contribution in [0.25, 0.3) is 0 Å². The van der Waals surface area contributed by atoms with Crippen molar-refractivity contribution in [1.82, 2.24) is 4.98 Å². The van der Waals surface area contributed by atoms with Crippen molar-refractivity contribution < 1.29 is 10.3 Å². The first kappa shape index (κ1) is 21.5. The molecule has 0 bridgehead atoms. The summed E-state index contributed by atoms with van der Waals surface area (Å²) in [6.45, 7) is 4.74. The van der Waals surface area contributed by atoms with E-state index in [2.05, 4.69) is 53.5 Å². The predicted molar refractivity (Wildman–Crippen MR) is 122 cm³/mol. The monoisotopic (exact) mass is 403 g/mol. The molecule has 1 heterocycles. The Hall–Kier alpha value is -3.18. The van der Waals surface area contributed by atoms with E-state index in [9.17, 15) is 10.3 Å². The molecule has 30 heavy (non-hydrogen) atoms. The number of aliphatic hydroxyl groups excluding tert-OH is 1. The molecule has 0 amide bonds. The van der Waals surface area contributed by atoms with Gasteiger partial charge in [-0.25, -0.2) is 0 Å². The van der Waals surface area contributed by atoms with E-state index in [0.29, 0.717) is 18.7 Å². The second-order valence-corrected chi connectivity index (χ2v) is 7.58. The maximum atomic E-state index is 9.80. The van der Waals surface area contributed by atoms with Crippen LogP contribution in [0.15, 0.2) is 72.0 Å². The number of anilines is 1. The van der Waals surface area contributed by atoms with Gasteiger partial charge in [0.05, 0.1) is 12.3 Å². The summed E-state index contributed by atoms with van der Waals surface area (Å²) >= 11 is 0. The summed E-state index contributed by atoms with van der Waals surface area (Å²) in [5.41, 5.74) is 7.01. The second kappa shape index (κ2) is 10.0. The number of pyridine rings is 1. The van der Waals surface area contributed by atoms with Crippen LogP contribution in [0.1, 0.15) is 40.3 Å². The lowest BCUT2D eigenvalue weighted by Gasteiger charge is -2.23. The van der Waals surface area contributed by atoms with Gasteiger partial charge in [-0.1, -0.05) is 41.6 Å². The summed E-state index contributed by atoms with van der Waals surface area (Å²) in [5, 5.41) is 22.6. The summed E-state index contributed by atoms with van der Waals surface area (Å²) in [6, 6.07) is 20.5. The molecule has 5 nitrogen and oxygen atoms in total.